The second kappa shape index (κ2) is 4.86. The lowest BCUT2D eigenvalue weighted by atomic mass is 10.3. The van der Waals surface area contributed by atoms with Crippen molar-refractivity contribution in [1.82, 2.24) is 20.0 Å². The molecular weight excluding hydrogens is 320 g/mol. The molecule has 0 bridgehead atoms. The summed E-state index contributed by atoms with van der Waals surface area (Å²) in [5.74, 6) is 0. The summed E-state index contributed by atoms with van der Waals surface area (Å²) in [6.07, 6.45) is 0. The Morgan fingerprint density at radius 3 is 2.91 bits per heavy atom. The van der Waals surface area contributed by atoms with Crippen LogP contribution in [0.2, 0.25) is 5.02 Å². The minimum Gasteiger partial charge on any atom is -0.266 e. The average molecular weight is 329 g/mol. The first-order valence-corrected chi connectivity index (χ1v) is 7.75. The Balaban J connectivity index is 2.05. The van der Waals surface area contributed by atoms with E-state index in [2.05, 4.69) is 15.3 Å². The lowest BCUT2D eigenvalue weighted by molar-refractivity contribution is 0.740. The highest BCUT2D eigenvalue weighted by molar-refractivity contribution is 7.25. The van der Waals surface area contributed by atoms with Gasteiger partial charge in [0.05, 0.1) is 5.69 Å². The Hall–Kier alpha value is -2.31. The Morgan fingerprint density at radius 1 is 1.23 bits per heavy atom. The fourth-order valence-corrected chi connectivity index (χ4v) is 3.57. The van der Waals surface area contributed by atoms with Crippen LogP contribution in [-0.2, 0) is 0 Å². The summed E-state index contributed by atoms with van der Waals surface area (Å²) in [7, 11) is 0. The zero-order valence-electron chi connectivity index (χ0n) is 11.4. The molecule has 3 aromatic heterocycles. The van der Waals surface area contributed by atoms with Crippen molar-refractivity contribution in [2.75, 3.05) is 0 Å². The molecule has 22 heavy (non-hydrogen) atoms. The predicted octanol–water partition coefficient (Wildman–Crippen LogP) is 3.35. The summed E-state index contributed by atoms with van der Waals surface area (Å²) in [5, 5.41) is 9.64. The van der Waals surface area contributed by atoms with Gasteiger partial charge in [-0.1, -0.05) is 22.9 Å². The van der Waals surface area contributed by atoms with Gasteiger partial charge >= 0.3 is 0 Å². The normalized spacial score (nSPS) is 11.4. The van der Waals surface area contributed by atoms with E-state index >= 15 is 0 Å². The quantitative estimate of drug-likeness (QED) is 0.537. The summed E-state index contributed by atoms with van der Waals surface area (Å²) in [5.41, 5.74) is 1.87. The molecule has 0 unspecified atom stereocenters. The highest BCUT2D eigenvalue weighted by atomic mass is 35.5. The fourth-order valence-electron chi connectivity index (χ4n) is 2.31. The topological polar surface area (TPSA) is 60.7 Å². The molecule has 1 aromatic carbocycles. The second-order valence-corrected chi connectivity index (χ2v) is 6.31. The van der Waals surface area contributed by atoms with Crippen LogP contribution in [0.3, 0.4) is 0 Å². The van der Waals surface area contributed by atoms with Crippen molar-refractivity contribution >= 4 is 43.4 Å². The monoisotopic (exact) mass is 328 g/mol. The predicted molar refractivity (Wildman–Crippen MR) is 88.1 cm³/mol. The third-order valence-corrected chi connectivity index (χ3v) is 4.65. The first-order valence-electron chi connectivity index (χ1n) is 6.55. The molecule has 0 saturated carbocycles. The van der Waals surface area contributed by atoms with E-state index in [1.54, 1.807) is 24.3 Å². The zero-order valence-corrected chi connectivity index (χ0v) is 13.0. The molecule has 0 fully saturated rings. The van der Waals surface area contributed by atoms with Crippen LogP contribution in [0, 0.1) is 6.92 Å². The number of fused-ring (bicyclic) bond motifs is 3. The standard InChI is InChI=1S/C15H9ClN4OS/c1-8-5-6-11-12-13(22-14(11)17-8)15(21)20(19-18-12)10-4-2-3-9(16)7-10/h2-7H,1H3. The van der Waals surface area contributed by atoms with Crippen molar-refractivity contribution in [3.8, 4) is 5.69 Å². The number of nitrogens with zero attached hydrogens (tertiary/aromatic N) is 4. The van der Waals surface area contributed by atoms with E-state index in [9.17, 15) is 4.79 Å². The van der Waals surface area contributed by atoms with Crippen LogP contribution in [-0.4, -0.2) is 20.0 Å². The molecule has 0 aliphatic heterocycles. The molecule has 0 amide bonds. The molecule has 0 spiro atoms. The van der Waals surface area contributed by atoms with Gasteiger partial charge in [0, 0.05) is 16.1 Å². The maximum absolute atomic E-state index is 12.7. The lowest BCUT2D eigenvalue weighted by Gasteiger charge is -2.03. The number of rotatable bonds is 1. The molecule has 0 saturated heterocycles. The third kappa shape index (κ3) is 2.00. The molecule has 0 aliphatic rings. The Bertz CT molecular complexity index is 1090. The van der Waals surface area contributed by atoms with Gasteiger partial charge in [0.2, 0.25) is 0 Å². The first kappa shape index (κ1) is 13.4. The number of aryl methyl sites for hydroxylation is 1. The van der Waals surface area contributed by atoms with Gasteiger partial charge in [-0.15, -0.1) is 16.4 Å². The highest BCUT2D eigenvalue weighted by Gasteiger charge is 2.14. The molecule has 7 heteroatoms. The van der Waals surface area contributed by atoms with E-state index in [1.807, 2.05) is 19.1 Å². The summed E-state index contributed by atoms with van der Waals surface area (Å²) in [6.45, 7) is 1.92. The van der Waals surface area contributed by atoms with Gasteiger partial charge in [0.25, 0.3) is 5.56 Å². The van der Waals surface area contributed by atoms with Gasteiger partial charge in [-0.2, -0.15) is 4.68 Å². The van der Waals surface area contributed by atoms with Crippen molar-refractivity contribution < 1.29 is 0 Å². The summed E-state index contributed by atoms with van der Waals surface area (Å²) < 4.78 is 1.80. The molecule has 5 nitrogen and oxygen atoms in total. The second-order valence-electron chi connectivity index (χ2n) is 4.87. The average Bonchev–Trinajstić information content (AvgIpc) is 2.86. The van der Waals surface area contributed by atoms with Crippen LogP contribution in [0.1, 0.15) is 5.69 Å². The molecule has 0 atom stereocenters. The van der Waals surface area contributed by atoms with Crippen molar-refractivity contribution in [1.29, 1.82) is 0 Å². The molecule has 4 aromatic rings. The molecular formula is C15H9ClN4OS. The van der Waals surface area contributed by atoms with Crippen LogP contribution >= 0.6 is 22.9 Å². The molecule has 0 N–H and O–H groups in total. The minimum atomic E-state index is -0.215. The molecule has 0 aliphatic carbocycles. The summed E-state index contributed by atoms with van der Waals surface area (Å²) >= 11 is 7.31. The van der Waals surface area contributed by atoms with E-state index in [0.29, 0.717) is 20.9 Å². The Morgan fingerprint density at radius 2 is 2.09 bits per heavy atom. The number of aromatic nitrogens is 4. The van der Waals surface area contributed by atoms with Gasteiger partial charge in [-0.25, -0.2) is 4.98 Å². The maximum Gasteiger partial charge on any atom is 0.292 e. The van der Waals surface area contributed by atoms with Crippen molar-refractivity contribution in [2.24, 2.45) is 0 Å². The third-order valence-electron chi connectivity index (χ3n) is 3.34. The van der Waals surface area contributed by atoms with Crippen LogP contribution < -0.4 is 5.56 Å². The summed E-state index contributed by atoms with van der Waals surface area (Å²) in [4.78, 5) is 17.9. The maximum atomic E-state index is 12.7. The van der Waals surface area contributed by atoms with Crippen molar-refractivity contribution in [2.45, 2.75) is 6.92 Å². The highest BCUT2D eigenvalue weighted by Crippen LogP contribution is 2.28. The van der Waals surface area contributed by atoms with E-state index in [1.165, 1.54) is 16.0 Å². The van der Waals surface area contributed by atoms with Crippen LogP contribution in [0.4, 0.5) is 0 Å². The van der Waals surface area contributed by atoms with Crippen LogP contribution in [0.15, 0.2) is 41.2 Å². The van der Waals surface area contributed by atoms with E-state index in [4.69, 9.17) is 11.6 Å². The van der Waals surface area contributed by atoms with Gasteiger partial charge in [-0.3, -0.25) is 4.79 Å². The number of benzene rings is 1. The SMILES string of the molecule is Cc1ccc2c(n1)sc1c(=O)n(-c3cccc(Cl)c3)nnc12. The van der Waals surface area contributed by atoms with Gasteiger partial charge in [0.15, 0.2) is 0 Å². The van der Waals surface area contributed by atoms with E-state index in [-0.39, 0.29) is 5.56 Å². The number of halogens is 1. The van der Waals surface area contributed by atoms with Gasteiger partial charge < -0.3 is 0 Å². The number of pyridine rings is 1. The summed E-state index contributed by atoms with van der Waals surface area (Å²) in [6, 6.07) is 10.8. The van der Waals surface area contributed by atoms with E-state index in [0.717, 1.165) is 15.9 Å². The molecule has 0 radical (unpaired) electrons. The minimum absolute atomic E-state index is 0.215. The largest absolute Gasteiger partial charge is 0.292 e. The fraction of sp³-hybridized carbons (Fsp3) is 0.0667. The van der Waals surface area contributed by atoms with Crippen molar-refractivity contribution in [3.63, 3.8) is 0 Å². The van der Waals surface area contributed by atoms with E-state index < -0.39 is 0 Å². The number of hydrogen-bond donors (Lipinski definition) is 0. The molecule has 4 rings (SSSR count). The molecule has 3 heterocycles. The first-order chi connectivity index (χ1) is 10.6. The number of thiophene rings is 1. The molecule has 108 valence electrons. The zero-order chi connectivity index (χ0) is 15.3. The Kier molecular flexibility index (Phi) is 2.95. The van der Waals surface area contributed by atoms with Crippen LogP contribution in [0.5, 0.6) is 0 Å². The van der Waals surface area contributed by atoms with Crippen molar-refractivity contribution in [3.05, 3.63) is 57.5 Å². The Labute approximate surface area is 133 Å². The van der Waals surface area contributed by atoms with Crippen LogP contribution in [0.25, 0.3) is 26.1 Å². The van der Waals surface area contributed by atoms with Gasteiger partial charge in [0.1, 0.15) is 15.0 Å². The van der Waals surface area contributed by atoms with Gasteiger partial charge in [-0.05, 0) is 37.3 Å². The lowest BCUT2D eigenvalue weighted by Crippen LogP contribution is -2.21. The smallest absolute Gasteiger partial charge is 0.266 e. The number of hydrogen-bond acceptors (Lipinski definition) is 5.